The van der Waals surface area contributed by atoms with Crippen LogP contribution in [0, 0.1) is 0 Å². The summed E-state index contributed by atoms with van der Waals surface area (Å²) in [6, 6.07) is 4.78. The molecule has 1 rings (SSSR count). The predicted molar refractivity (Wildman–Crippen MR) is 60.3 cm³/mol. The summed E-state index contributed by atoms with van der Waals surface area (Å²) in [4.78, 5) is 11.0. The molecule has 0 saturated heterocycles. The molecule has 0 aliphatic rings. The number of hydrogen-bond donors (Lipinski definition) is 1. The number of ether oxygens (including phenoxy) is 1. The normalized spacial score (nSPS) is 9.47. The molecule has 0 fully saturated rings. The molecule has 0 aromatic heterocycles. The van der Waals surface area contributed by atoms with Crippen molar-refractivity contribution in [2.75, 3.05) is 6.61 Å². The van der Waals surface area contributed by atoms with E-state index in [1.807, 2.05) is 0 Å². The van der Waals surface area contributed by atoms with Crippen LogP contribution in [-0.4, -0.2) is 12.5 Å². The van der Waals surface area contributed by atoms with Crippen LogP contribution < -0.4 is 10.1 Å². The zero-order chi connectivity index (χ0) is 11.3. The van der Waals surface area contributed by atoms with E-state index in [0.717, 1.165) is 0 Å². The summed E-state index contributed by atoms with van der Waals surface area (Å²) in [6.07, 6.45) is 1.29. The summed E-state index contributed by atoms with van der Waals surface area (Å²) in [5.41, 5.74) is 0. The minimum absolute atomic E-state index is 0.0933. The van der Waals surface area contributed by atoms with Crippen molar-refractivity contribution in [1.82, 2.24) is 5.32 Å². The Balaban J connectivity index is 2.54. The lowest BCUT2D eigenvalue weighted by molar-refractivity contribution is -0.122. The van der Waals surface area contributed by atoms with Crippen LogP contribution in [-0.2, 0) is 4.79 Å². The van der Waals surface area contributed by atoms with Gasteiger partial charge in [-0.15, -0.1) is 0 Å². The van der Waals surface area contributed by atoms with Crippen molar-refractivity contribution in [2.24, 2.45) is 0 Å². The number of carbonyl (C=O) groups is 1. The van der Waals surface area contributed by atoms with E-state index in [0.29, 0.717) is 15.8 Å². The van der Waals surface area contributed by atoms with Crippen molar-refractivity contribution in [3.05, 3.63) is 41.0 Å². The van der Waals surface area contributed by atoms with Crippen molar-refractivity contribution in [1.29, 1.82) is 0 Å². The highest BCUT2D eigenvalue weighted by molar-refractivity contribution is 6.42. The second-order valence-corrected chi connectivity index (χ2v) is 3.45. The van der Waals surface area contributed by atoms with Crippen LogP contribution in [0.15, 0.2) is 31.0 Å². The summed E-state index contributed by atoms with van der Waals surface area (Å²) >= 11 is 11.5. The molecule has 0 aliphatic heterocycles. The summed E-state index contributed by atoms with van der Waals surface area (Å²) < 4.78 is 5.15. The summed E-state index contributed by atoms with van der Waals surface area (Å²) in [5.74, 6) is 0.208. The average Bonchev–Trinajstić information content (AvgIpc) is 2.20. The molecule has 0 saturated carbocycles. The Bertz CT molecular complexity index is 380. The lowest BCUT2D eigenvalue weighted by atomic mass is 10.3. The molecule has 1 aromatic rings. The Morgan fingerprint density at radius 2 is 2.20 bits per heavy atom. The molecule has 0 heterocycles. The van der Waals surface area contributed by atoms with Crippen LogP contribution in [0.5, 0.6) is 5.75 Å². The summed E-state index contributed by atoms with van der Waals surface area (Å²) in [7, 11) is 0. The van der Waals surface area contributed by atoms with Crippen LogP contribution in [0.4, 0.5) is 0 Å². The highest BCUT2D eigenvalue weighted by atomic mass is 35.5. The van der Waals surface area contributed by atoms with Gasteiger partial charge in [0.2, 0.25) is 0 Å². The molecule has 80 valence electrons. The van der Waals surface area contributed by atoms with E-state index in [9.17, 15) is 4.79 Å². The maximum absolute atomic E-state index is 11.0. The minimum atomic E-state index is -0.281. The number of nitrogens with one attached hydrogen (secondary N) is 1. The average molecular weight is 246 g/mol. The Morgan fingerprint density at radius 3 is 2.80 bits per heavy atom. The van der Waals surface area contributed by atoms with Gasteiger partial charge in [-0.25, -0.2) is 0 Å². The van der Waals surface area contributed by atoms with Gasteiger partial charge < -0.3 is 10.1 Å². The lowest BCUT2D eigenvalue weighted by Crippen LogP contribution is -2.23. The number of halogens is 2. The molecule has 5 heteroatoms. The Labute approximate surface area is 97.6 Å². The quantitative estimate of drug-likeness (QED) is 0.886. The molecule has 0 unspecified atom stereocenters. The minimum Gasteiger partial charge on any atom is -0.484 e. The van der Waals surface area contributed by atoms with E-state index < -0.39 is 0 Å². The number of amides is 1. The summed E-state index contributed by atoms with van der Waals surface area (Å²) in [6.45, 7) is 3.26. The number of rotatable bonds is 4. The van der Waals surface area contributed by atoms with Crippen molar-refractivity contribution in [3.8, 4) is 5.75 Å². The topological polar surface area (TPSA) is 38.3 Å². The van der Waals surface area contributed by atoms with Crippen LogP contribution >= 0.6 is 23.2 Å². The molecule has 0 radical (unpaired) electrons. The molecular formula is C10H9Cl2NO2. The van der Waals surface area contributed by atoms with E-state index in [-0.39, 0.29) is 12.5 Å². The fourth-order valence-corrected chi connectivity index (χ4v) is 1.16. The van der Waals surface area contributed by atoms with Gasteiger partial charge in [0, 0.05) is 6.07 Å². The number of hydrogen-bond acceptors (Lipinski definition) is 2. The van der Waals surface area contributed by atoms with Crippen molar-refractivity contribution < 1.29 is 9.53 Å². The first-order chi connectivity index (χ1) is 7.13. The monoisotopic (exact) mass is 245 g/mol. The molecule has 1 aromatic carbocycles. The van der Waals surface area contributed by atoms with Gasteiger partial charge >= 0.3 is 0 Å². The van der Waals surface area contributed by atoms with Crippen LogP contribution in [0.3, 0.4) is 0 Å². The van der Waals surface area contributed by atoms with Gasteiger partial charge in [-0.1, -0.05) is 29.8 Å². The first kappa shape index (κ1) is 11.9. The third kappa shape index (κ3) is 3.81. The zero-order valence-electron chi connectivity index (χ0n) is 7.80. The van der Waals surface area contributed by atoms with E-state index in [1.54, 1.807) is 18.2 Å². The smallest absolute Gasteiger partial charge is 0.261 e. The maximum atomic E-state index is 11.0. The van der Waals surface area contributed by atoms with Gasteiger partial charge in [0.15, 0.2) is 6.61 Å². The third-order valence-electron chi connectivity index (χ3n) is 1.52. The van der Waals surface area contributed by atoms with Crippen molar-refractivity contribution >= 4 is 29.1 Å². The van der Waals surface area contributed by atoms with Crippen LogP contribution in [0.1, 0.15) is 0 Å². The second-order valence-electron chi connectivity index (χ2n) is 2.64. The molecular weight excluding hydrogens is 237 g/mol. The van der Waals surface area contributed by atoms with Crippen molar-refractivity contribution in [3.63, 3.8) is 0 Å². The third-order valence-corrected chi connectivity index (χ3v) is 2.26. The van der Waals surface area contributed by atoms with Gasteiger partial charge in [-0.05, 0) is 18.3 Å². The molecule has 0 spiro atoms. The Kier molecular flexibility index (Phi) is 4.46. The fourth-order valence-electron chi connectivity index (χ4n) is 0.871. The van der Waals surface area contributed by atoms with Crippen LogP contribution in [0.25, 0.3) is 0 Å². The molecule has 3 nitrogen and oxygen atoms in total. The van der Waals surface area contributed by atoms with E-state index in [4.69, 9.17) is 27.9 Å². The predicted octanol–water partition coefficient (Wildman–Crippen LogP) is 2.63. The van der Waals surface area contributed by atoms with Gasteiger partial charge in [-0.2, -0.15) is 0 Å². The van der Waals surface area contributed by atoms with Gasteiger partial charge in [0.1, 0.15) is 5.75 Å². The Hall–Kier alpha value is -1.19. The Morgan fingerprint density at radius 1 is 1.47 bits per heavy atom. The van der Waals surface area contributed by atoms with E-state index in [1.165, 1.54) is 6.20 Å². The first-order valence-electron chi connectivity index (χ1n) is 4.11. The molecule has 0 bridgehead atoms. The fraction of sp³-hybridized carbons (Fsp3) is 0.100. The van der Waals surface area contributed by atoms with Crippen LogP contribution in [0.2, 0.25) is 10.0 Å². The molecule has 1 amide bonds. The van der Waals surface area contributed by atoms with Gasteiger partial charge in [0.25, 0.3) is 5.91 Å². The van der Waals surface area contributed by atoms with Crippen molar-refractivity contribution in [2.45, 2.75) is 0 Å². The highest BCUT2D eigenvalue weighted by Gasteiger charge is 2.02. The largest absolute Gasteiger partial charge is 0.484 e. The van der Waals surface area contributed by atoms with E-state index >= 15 is 0 Å². The number of benzene rings is 1. The second kappa shape index (κ2) is 5.63. The van der Waals surface area contributed by atoms with Gasteiger partial charge in [0.05, 0.1) is 10.0 Å². The SMILES string of the molecule is C=CNC(=O)COc1ccc(Cl)c(Cl)c1. The molecule has 0 aliphatic carbocycles. The highest BCUT2D eigenvalue weighted by Crippen LogP contribution is 2.26. The number of carbonyl (C=O) groups excluding carboxylic acids is 1. The molecule has 15 heavy (non-hydrogen) atoms. The maximum Gasteiger partial charge on any atom is 0.261 e. The van der Waals surface area contributed by atoms with Gasteiger partial charge in [-0.3, -0.25) is 4.79 Å². The summed E-state index contributed by atoms with van der Waals surface area (Å²) in [5, 5.41) is 3.21. The first-order valence-corrected chi connectivity index (χ1v) is 4.87. The zero-order valence-corrected chi connectivity index (χ0v) is 9.31. The molecule has 1 N–H and O–H groups in total. The standard InChI is InChI=1S/C10H9Cl2NO2/c1-2-13-10(14)6-15-7-3-4-8(11)9(12)5-7/h2-5H,1,6H2,(H,13,14). The van der Waals surface area contributed by atoms with E-state index in [2.05, 4.69) is 11.9 Å². The lowest BCUT2D eigenvalue weighted by Gasteiger charge is -2.05. The molecule has 0 atom stereocenters.